The molecule has 5 nitrogen and oxygen atoms in total. The zero-order valence-corrected chi connectivity index (χ0v) is 14.9. The number of carbonyl (C=O) groups is 1. The van der Waals surface area contributed by atoms with Crippen molar-refractivity contribution < 1.29 is 14.3 Å². The highest BCUT2D eigenvalue weighted by atomic mass is 16.5. The molecule has 2 aromatic carbocycles. The van der Waals surface area contributed by atoms with E-state index in [4.69, 9.17) is 14.7 Å². The van der Waals surface area contributed by atoms with Crippen molar-refractivity contribution in [2.24, 2.45) is 0 Å². The molecule has 0 aliphatic heterocycles. The van der Waals surface area contributed by atoms with Gasteiger partial charge in [0.15, 0.2) is 18.1 Å². The van der Waals surface area contributed by atoms with Crippen LogP contribution in [0.1, 0.15) is 36.5 Å². The highest BCUT2D eigenvalue weighted by Gasteiger charge is 2.13. The maximum absolute atomic E-state index is 12.3. The number of hydrogen-bond acceptors (Lipinski definition) is 4. The number of methoxy groups -OCH3 is 1. The van der Waals surface area contributed by atoms with E-state index in [0.717, 1.165) is 16.8 Å². The molecule has 2 rings (SSSR count). The first-order valence-corrected chi connectivity index (χ1v) is 8.06. The van der Waals surface area contributed by atoms with Crippen LogP contribution in [0, 0.1) is 18.3 Å². The molecule has 0 aliphatic rings. The van der Waals surface area contributed by atoms with E-state index in [1.54, 1.807) is 18.2 Å². The second-order valence-corrected chi connectivity index (χ2v) is 6.01. The number of nitrogens with one attached hydrogen (secondary N) is 1. The third-order valence-corrected chi connectivity index (χ3v) is 3.84. The standard InChI is InChI=1S/C20H22N2O3/c1-13(2)16-7-5-6-14(3)20(16)22-19(23)12-25-17-9-8-15(11-21)10-18(17)24-4/h5-10,13H,12H2,1-4H3,(H,22,23). The fourth-order valence-corrected chi connectivity index (χ4v) is 2.52. The van der Waals surface area contributed by atoms with Gasteiger partial charge in [0.1, 0.15) is 0 Å². The summed E-state index contributed by atoms with van der Waals surface area (Å²) in [7, 11) is 1.49. The van der Waals surface area contributed by atoms with Crippen LogP contribution in [0.4, 0.5) is 5.69 Å². The molecule has 0 unspecified atom stereocenters. The number of nitriles is 1. The van der Waals surface area contributed by atoms with Gasteiger partial charge in [-0.25, -0.2) is 0 Å². The number of carbonyl (C=O) groups excluding carboxylic acids is 1. The molecular weight excluding hydrogens is 316 g/mol. The summed E-state index contributed by atoms with van der Waals surface area (Å²) in [4.78, 5) is 12.3. The highest BCUT2D eigenvalue weighted by molar-refractivity contribution is 5.93. The van der Waals surface area contributed by atoms with E-state index in [2.05, 4.69) is 19.2 Å². The fraction of sp³-hybridized carbons (Fsp3) is 0.300. The molecule has 0 atom stereocenters. The van der Waals surface area contributed by atoms with Gasteiger partial charge in [-0.05, 0) is 36.1 Å². The number of aryl methyl sites for hydroxylation is 1. The summed E-state index contributed by atoms with van der Waals surface area (Å²) in [5, 5.41) is 11.9. The molecule has 0 fully saturated rings. The molecule has 0 bridgehead atoms. The Bertz CT molecular complexity index is 807. The van der Waals surface area contributed by atoms with Gasteiger partial charge in [-0.2, -0.15) is 5.26 Å². The molecule has 1 amide bonds. The largest absolute Gasteiger partial charge is 0.493 e. The highest BCUT2D eigenvalue weighted by Crippen LogP contribution is 2.29. The van der Waals surface area contributed by atoms with Crippen molar-refractivity contribution in [3.8, 4) is 17.6 Å². The number of hydrogen-bond donors (Lipinski definition) is 1. The van der Waals surface area contributed by atoms with Crippen LogP contribution >= 0.6 is 0 Å². The topological polar surface area (TPSA) is 71.3 Å². The zero-order chi connectivity index (χ0) is 18.4. The maximum Gasteiger partial charge on any atom is 0.262 e. The van der Waals surface area contributed by atoms with Crippen LogP contribution in [-0.4, -0.2) is 19.6 Å². The summed E-state index contributed by atoms with van der Waals surface area (Å²) < 4.78 is 10.8. The van der Waals surface area contributed by atoms with Gasteiger partial charge < -0.3 is 14.8 Å². The summed E-state index contributed by atoms with van der Waals surface area (Å²) in [5.41, 5.74) is 3.40. The van der Waals surface area contributed by atoms with E-state index in [1.165, 1.54) is 7.11 Å². The zero-order valence-electron chi connectivity index (χ0n) is 14.9. The van der Waals surface area contributed by atoms with Crippen LogP contribution in [0.25, 0.3) is 0 Å². The van der Waals surface area contributed by atoms with Gasteiger partial charge in [-0.1, -0.05) is 32.0 Å². The molecule has 0 aliphatic carbocycles. The van der Waals surface area contributed by atoms with E-state index in [9.17, 15) is 4.79 Å². The van der Waals surface area contributed by atoms with Crippen molar-refractivity contribution >= 4 is 11.6 Å². The summed E-state index contributed by atoms with van der Waals surface area (Å²) in [5.74, 6) is 0.897. The lowest BCUT2D eigenvalue weighted by Crippen LogP contribution is -2.22. The van der Waals surface area contributed by atoms with E-state index in [0.29, 0.717) is 23.0 Å². The first kappa shape index (κ1) is 18.3. The lowest BCUT2D eigenvalue weighted by molar-refractivity contribution is -0.118. The molecule has 2 aromatic rings. The maximum atomic E-state index is 12.3. The van der Waals surface area contributed by atoms with Gasteiger partial charge in [0.05, 0.1) is 18.7 Å². The average molecular weight is 338 g/mol. The van der Waals surface area contributed by atoms with Gasteiger partial charge in [0.25, 0.3) is 5.91 Å². The average Bonchev–Trinajstić information content (AvgIpc) is 2.61. The molecule has 130 valence electrons. The van der Waals surface area contributed by atoms with Crippen molar-refractivity contribution in [2.45, 2.75) is 26.7 Å². The monoisotopic (exact) mass is 338 g/mol. The van der Waals surface area contributed by atoms with Gasteiger partial charge in [-0.3, -0.25) is 4.79 Å². The molecule has 1 N–H and O–H groups in total. The number of nitrogens with zero attached hydrogens (tertiary/aromatic N) is 1. The molecule has 0 saturated heterocycles. The van der Waals surface area contributed by atoms with Gasteiger partial charge in [0, 0.05) is 11.8 Å². The fourth-order valence-electron chi connectivity index (χ4n) is 2.52. The minimum absolute atomic E-state index is 0.145. The Morgan fingerprint density at radius 2 is 2.00 bits per heavy atom. The summed E-state index contributed by atoms with van der Waals surface area (Å²) >= 11 is 0. The third kappa shape index (κ3) is 4.51. The quantitative estimate of drug-likeness (QED) is 0.863. The first-order valence-electron chi connectivity index (χ1n) is 8.06. The van der Waals surface area contributed by atoms with Crippen molar-refractivity contribution in [1.82, 2.24) is 0 Å². The lowest BCUT2D eigenvalue weighted by Gasteiger charge is -2.17. The summed E-state index contributed by atoms with van der Waals surface area (Å²) in [6, 6.07) is 12.8. The van der Waals surface area contributed by atoms with Crippen molar-refractivity contribution in [3.05, 3.63) is 53.1 Å². The van der Waals surface area contributed by atoms with Crippen molar-refractivity contribution in [2.75, 3.05) is 19.0 Å². The number of para-hydroxylation sites is 1. The van der Waals surface area contributed by atoms with Gasteiger partial charge in [-0.15, -0.1) is 0 Å². The van der Waals surface area contributed by atoms with Crippen LogP contribution in [0.15, 0.2) is 36.4 Å². The summed E-state index contributed by atoms with van der Waals surface area (Å²) in [6.45, 7) is 5.99. The molecule has 0 aromatic heterocycles. The Balaban J connectivity index is 2.09. The summed E-state index contributed by atoms with van der Waals surface area (Å²) in [6.07, 6.45) is 0. The first-order chi connectivity index (χ1) is 12.0. The Kier molecular flexibility index (Phi) is 6.02. The van der Waals surface area contributed by atoms with Crippen LogP contribution in [-0.2, 0) is 4.79 Å². The minimum Gasteiger partial charge on any atom is -0.493 e. The molecule has 0 heterocycles. The van der Waals surface area contributed by atoms with E-state index in [1.807, 2.05) is 31.2 Å². The number of anilines is 1. The predicted octanol–water partition coefficient (Wildman–Crippen LogP) is 4.02. The van der Waals surface area contributed by atoms with Crippen LogP contribution in [0.3, 0.4) is 0 Å². The molecular formula is C20H22N2O3. The SMILES string of the molecule is COc1cc(C#N)ccc1OCC(=O)Nc1c(C)cccc1C(C)C. The number of ether oxygens (including phenoxy) is 2. The molecule has 5 heteroatoms. The van der Waals surface area contributed by atoms with Crippen LogP contribution in [0.5, 0.6) is 11.5 Å². The Labute approximate surface area is 148 Å². The van der Waals surface area contributed by atoms with Crippen LogP contribution in [0.2, 0.25) is 0 Å². The lowest BCUT2D eigenvalue weighted by atomic mass is 9.98. The smallest absolute Gasteiger partial charge is 0.262 e. The van der Waals surface area contributed by atoms with Gasteiger partial charge in [0.2, 0.25) is 0 Å². The Morgan fingerprint density at radius 3 is 2.64 bits per heavy atom. The Hall–Kier alpha value is -3.00. The van der Waals surface area contributed by atoms with Crippen molar-refractivity contribution in [3.63, 3.8) is 0 Å². The molecule has 25 heavy (non-hydrogen) atoms. The van der Waals surface area contributed by atoms with E-state index >= 15 is 0 Å². The Morgan fingerprint density at radius 1 is 1.24 bits per heavy atom. The van der Waals surface area contributed by atoms with E-state index < -0.39 is 0 Å². The predicted molar refractivity (Wildman–Crippen MR) is 97.1 cm³/mol. The molecule has 0 radical (unpaired) electrons. The number of benzene rings is 2. The number of amides is 1. The van der Waals surface area contributed by atoms with Crippen LogP contribution < -0.4 is 14.8 Å². The second-order valence-electron chi connectivity index (χ2n) is 6.01. The molecule has 0 saturated carbocycles. The number of rotatable bonds is 6. The second kappa shape index (κ2) is 8.20. The van der Waals surface area contributed by atoms with E-state index in [-0.39, 0.29) is 12.5 Å². The minimum atomic E-state index is -0.248. The normalized spacial score (nSPS) is 10.2. The molecule has 0 spiro atoms. The van der Waals surface area contributed by atoms with Crippen molar-refractivity contribution in [1.29, 1.82) is 5.26 Å². The van der Waals surface area contributed by atoms with Gasteiger partial charge >= 0.3 is 0 Å². The third-order valence-electron chi connectivity index (χ3n) is 3.84.